The van der Waals surface area contributed by atoms with Crippen molar-refractivity contribution in [3.8, 4) is 0 Å². The number of hydrogen-bond donors (Lipinski definition) is 0. The van der Waals surface area contributed by atoms with Crippen LogP contribution in [0.15, 0.2) is 30.3 Å². The summed E-state index contributed by atoms with van der Waals surface area (Å²) >= 11 is 0. The van der Waals surface area contributed by atoms with Crippen molar-refractivity contribution in [2.24, 2.45) is 5.41 Å². The monoisotopic (exact) mass is 217 g/mol. The van der Waals surface area contributed by atoms with Crippen molar-refractivity contribution >= 4 is 0 Å². The number of ether oxygens (including phenoxy) is 1. The molecule has 0 bridgehead atoms. The molecule has 1 atom stereocenters. The van der Waals surface area contributed by atoms with Gasteiger partial charge in [0.25, 0.3) is 6.04 Å². The quantitative estimate of drug-likeness (QED) is 0.703. The molecule has 0 fully saturated rings. The Kier molecular flexibility index (Phi) is 4.52. The summed E-state index contributed by atoms with van der Waals surface area (Å²) < 4.78 is 5.59. The van der Waals surface area contributed by atoms with E-state index in [9.17, 15) is 0 Å². The minimum atomic E-state index is -0.0730. The summed E-state index contributed by atoms with van der Waals surface area (Å²) in [5.74, 6) is 0. The van der Waals surface area contributed by atoms with Gasteiger partial charge in [0.1, 0.15) is 6.61 Å². The van der Waals surface area contributed by atoms with Crippen molar-refractivity contribution in [1.82, 2.24) is 0 Å². The number of rotatable bonds is 4. The van der Waals surface area contributed by atoms with Crippen LogP contribution in [0.25, 0.3) is 4.85 Å². The Bertz CT molecular complexity index is 345. The molecule has 0 unspecified atom stereocenters. The van der Waals surface area contributed by atoms with Gasteiger partial charge in [-0.15, -0.1) is 0 Å². The van der Waals surface area contributed by atoms with E-state index in [0.29, 0.717) is 13.2 Å². The van der Waals surface area contributed by atoms with Gasteiger partial charge in [-0.2, -0.15) is 0 Å². The van der Waals surface area contributed by atoms with Gasteiger partial charge in [-0.05, 0) is 5.56 Å². The zero-order valence-electron chi connectivity index (χ0n) is 10.2. The van der Waals surface area contributed by atoms with Crippen LogP contribution in [0.1, 0.15) is 26.3 Å². The van der Waals surface area contributed by atoms with E-state index in [-0.39, 0.29) is 11.5 Å². The first-order chi connectivity index (χ1) is 7.54. The lowest BCUT2D eigenvalue weighted by molar-refractivity contribution is 0.0903. The van der Waals surface area contributed by atoms with Crippen molar-refractivity contribution in [2.45, 2.75) is 33.4 Å². The Morgan fingerprint density at radius 1 is 1.25 bits per heavy atom. The second-order valence-corrected chi connectivity index (χ2v) is 5.01. The van der Waals surface area contributed by atoms with E-state index in [0.717, 1.165) is 5.56 Å². The van der Waals surface area contributed by atoms with Gasteiger partial charge in [-0.3, -0.25) is 0 Å². The molecule has 0 aromatic heterocycles. The number of hydrogen-bond acceptors (Lipinski definition) is 1. The fraction of sp³-hybridized carbons (Fsp3) is 0.500. The van der Waals surface area contributed by atoms with E-state index >= 15 is 0 Å². The van der Waals surface area contributed by atoms with E-state index in [2.05, 4.69) is 25.6 Å². The highest BCUT2D eigenvalue weighted by atomic mass is 16.5. The standard InChI is InChI=1S/C14H19NO/c1-14(2,3)13(15-4)11-16-10-12-8-6-5-7-9-12/h5-9,13H,10-11H2,1-3H3/t13-/m0/s1. The summed E-state index contributed by atoms with van der Waals surface area (Å²) in [5.41, 5.74) is 1.14. The third kappa shape index (κ3) is 4.04. The van der Waals surface area contributed by atoms with Crippen molar-refractivity contribution in [2.75, 3.05) is 6.61 Å². The molecule has 16 heavy (non-hydrogen) atoms. The summed E-state index contributed by atoms with van der Waals surface area (Å²) in [6, 6.07) is 9.97. The minimum absolute atomic E-state index is 0.0154. The molecule has 1 rings (SSSR count). The molecule has 0 radical (unpaired) electrons. The lowest BCUT2D eigenvalue weighted by Crippen LogP contribution is -2.27. The molecule has 86 valence electrons. The van der Waals surface area contributed by atoms with Crippen LogP contribution >= 0.6 is 0 Å². The van der Waals surface area contributed by atoms with Gasteiger partial charge in [0.2, 0.25) is 0 Å². The van der Waals surface area contributed by atoms with Gasteiger partial charge < -0.3 is 9.58 Å². The van der Waals surface area contributed by atoms with E-state index in [4.69, 9.17) is 11.3 Å². The van der Waals surface area contributed by atoms with Crippen LogP contribution < -0.4 is 0 Å². The smallest absolute Gasteiger partial charge is 0.251 e. The zero-order valence-corrected chi connectivity index (χ0v) is 10.2. The third-order valence-electron chi connectivity index (χ3n) is 2.54. The highest BCUT2D eigenvalue weighted by Crippen LogP contribution is 2.22. The van der Waals surface area contributed by atoms with E-state index in [1.807, 2.05) is 30.3 Å². The average Bonchev–Trinajstić information content (AvgIpc) is 2.24. The molecule has 0 spiro atoms. The first-order valence-electron chi connectivity index (χ1n) is 5.52. The van der Waals surface area contributed by atoms with Crippen LogP contribution in [-0.2, 0) is 11.3 Å². The second-order valence-electron chi connectivity index (χ2n) is 5.01. The molecule has 0 amide bonds. The third-order valence-corrected chi connectivity index (χ3v) is 2.54. The van der Waals surface area contributed by atoms with Crippen LogP contribution in [0, 0.1) is 12.0 Å². The van der Waals surface area contributed by atoms with E-state index in [1.54, 1.807) is 0 Å². The SMILES string of the molecule is [C-]#[N+][C@@H](COCc1ccccc1)C(C)(C)C. The maximum Gasteiger partial charge on any atom is 0.251 e. The summed E-state index contributed by atoms with van der Waals surface area (Å²) in [6.07, 6.45) is 0. The molecule has 2 heteroatoms. The minimum Gasteiger partial charge on any atom is -0.369 e. The Balaban J connectivity index is 2.39. The van der Waals surface area contributed by atoms with E-state index < -0.39 is 0 Å². The van der Waals surface area contributed by atoms with Gasteiger partial charge in [-0.1, -0.05) is 51.1 Å². The molecule has 0 saturated carbocycles. The van der Waals surface area contributed by atoms with Gasteiger partial charge in [0.15, 0.2) is 0 Å². The maximum absolute atomic E-state index is 7.14. The topological polar surface area (TPSA) is 13.6 Å². The fourth-order valence-electron chi connectivity index (χ4n) is 1.34. The molecule has 0 aliphatic rings. The predicted octanol–water partition coefficient (Wildman–Crippen LogP) is 3.54. The Labute approximate surface area is 98.1 Å². The molecular weight excluding hydrogens is 198 g/mol. The predicted molar refractivity (Wildman–Crippen MR) is 65.9 cm³/mol. The van der Waals surface area contributed by atoms with Crippen molar-refractivity contribution < 1.29 is 4.74 Å². The molecule has 2 nitrogen and oxygen atoms in total. The molecule has 1 aromatic rings. The normalized spacial score (nSPS) is 13.1. The summed E-state index contributed by atoms with van der Waals surface area (Å²) in [5, 5.41) is 0. The van der Waals surface area contributed by atoms with Gasteiger partial charge in [-0.25, -0.2) is 6.57 Å². The second kappa shape index (κ2) is 5.67. The largest absolute Gasteiger partial charge is 0.369 e. The van der Waals surface area contributed by atoms with Crippen LogP contribution in [0.2, 0.25) is 0 Å². The molecule has 0 aliphatic heterocycles. The Hall–Kier alpha value is -1.33. The molecule has 0 heterocycles. The van der Waals surface area contributed by atoms with Crippen LogP contribution in [0.3, 0.4) is 0 Å². The first-order valence-corrected chi connectivity index (χ1v) is 5.52. The molecule has 0 aliphatic carbocycles. The van der Waals surface area contributed by atoms with Crippen molar-refractivity contribution in [3.05, 3.63) is 47.3 Å². The van der Waals surface area contributed by atoms with Crippen LogP contribution in [0.5, 0.6) is 0 Å². The Morgan fingerprint density at radius 2 is 1.88 bits per heavy atom. The van der Waals surface area contributed by atoms with Crippen molar-refractivity contribution in [3.63, 3.8) is 0 Å². The maximum atomic E-state index is 7.14. The molecular formula is C14H19NO. The fourth-order valence-corrected chi connectivity index (χ4v) is 1.34. The van der Waals surface area contributed by atoms with E-state index in [1.165, 1.54) is 0 Å². The van der Waals surface area contributed by atoms with Gasteiger partial charge in [0, 0.05) is 5.41 Å². The number of nitrogens with zero attached hydrogens (tertiary/aromatic N) is 1. The summed E-state index contributed by atoms with van der Waals surface area (Å²) in [7, 11) is 0. The lowest BCUT2D eigenvalue weighted by Gasteiger charge is -2.20. The van der Waals surface area contributed by atoms with Crippen molar-refractivity contribution in [1.29, 1.82) is 0 Å². The Morgan fingerprint density at radius 3 is 2.38 bits per heavy atom. The van der Waals surface area contributed by atoms with Crippen LogP contribution in [0.4, 0.5) is 0 Å². The highest BCUT2D eigenvalue weighted by molar-refractivity contribution is 5.13. The zero-order chi connectivity index (χ0) is 12.0. The highest BCUT2D eigenvalue weighted by Gasteiger charge is 2.29. The van der Waals surface area contributed by atoms with Gasteiger partial charge >= 0.3 is 0 Å². The number of benzene rings is 1. The lowest BCUT2D eigenvalue weighted by atomic mass is 9.88. The molecule has 0 N–H and O–H groups in total. The van der Waals surface area contributed by atoms with Gasteiger partial charge in [0.05, 0.1) is 6.61 Å². The first kappa shape index (κ1) is 12.7. The molecule has 1 aromatic carbocycles. The van der Waals surface area contributed by atoms with Crippen LogP contribution in [-0.4, -0.2) is 12.6 Å². The molecule has 0 saturated heterocycles. The average molecular weight is 217 g/mol. The summed E-state index contributed by atoms with van der Waals surface area (Å²) in [6.45, 7) is 14.4. The summed E-state index contributed by atoms with van der Waals surface area (Å²) in [4.78, 5) is 3.62.